The summed E-state index contributed by atoms with van der Waals surface area (Å²) in [5.41, 5.74) is -0.122. The van der Waals surface area contributed by atoms with E-state index < -0.39 is 29.7 Å². The Hall–Kier alpha value is -3.61. The van der Waals surface area contributed by atoms with Gasteiger partial charge in [-0.2, -0.15) is 5.26 Å². The number of carbonyl (C=O) groups is 3. The van der Waals surface area contributed by atoms with Gasteiger partial charge >= 0.3 is 0 Å². The fraction of sp³-hybridized carbons (Fsp3) is 0.500. The number of ether oxygens (including phenoxy) is 1. The van der Waals surface area contributed by atoms with E-state index in [1.165, 1.54) is 25.3 Å². The van der Waals surface area contributed by atoms with Gasteiger partial charge in [0.1, 0.15) is 29.3 Å². The Bertz CT molecular complexity index is 1130. The number of nitriles is 1. The molecule has 1 saturated heterocycles. The molecule has 1 fully saturated rings. The second-order valence-corrected chi connectivity index (χ2v) is 9.71. The van der Waals surface area contributed by atoms with Crippen LogP contribution in [0.3, 0.4) is 0 Å². The summed E-state index contributed by atoms with van der Waals surface area (Å²) in [7, 11) is 1.45. The van der Waals surface area contributed by atoms with Crippen molar-refractivity contribution >= 4 is 28.6 Å². The van der Waals surface area contributed by atoms with Crippen LogP contribution in [0, 0.1) is 28.5 Å². The van der Waals surface area contributed by atoms with Crippen molar-refractivity contribution in [3.8, 4) is 11.8 Å². The first-order chi connectivity index (χ1) is 16.0. The number of carbonyl (C=O) groups excluding carboxylic acids is 3. The van der Waals surface area contributed by atoms with Crippen LogP contribution in [0.1, 0.15) is 50.5 Å². The number of methoxy groups -OCH3 is 1. The molecule has 3 rings (SSSR count). The Balaban J connectivity index is 1.78. The van der Waals surface area contributed by atoms with Crippen molar-refractivity contribution < 1.29 is 23.5 Å². The van der Waals surface area contributed by atoms with E-state index in [1.54, 1.807) is 0 Å². The average molecular weight is 472 g/mol. The minimum atomic E-state index is -0.945. The maximum atomic E-state index is 14.2. The summed E-state index contributed by atoms with van der Waals surface area (Å²) in [6.07, 6.45) is 1.10. The number of halogens is 1. The third-order valence-corrected chi connectivity index (χ3v) is 5.76. The number of aromatic nitrogens is 1. The van der Waals surface area contributed by atoms with E-state index in [0.717, 1.165) is 0 Å². The van der Waals surface area contributed by atoms with Crippen LogP contribution in [0.25, 0.3) is 10.9 Å². The molecule has 2 heterocycles. The maximum absolute atomic E-state index is 14.2. The lowest BCUT2D eigenvalue weighted by molar-refractivity contribution is -0.125. The highest BCUT2D eigenvalue weighted by Crippen LogP contribution is 2.29. The predicted molar refractivity (Wildman–Crippen MR) is 123 cm³/mol. The number of hydrogen-bond acceptors (Lipinski definition) is 5. The lowest BCUT2D eigenvalue weighted by Crippen LogP contribution is -2.51. The van der Waals surface area contributed by atoms with Crippen molar-refractivity contribution in [2.45, 2.75) is 52.1 Å². The Labute approximate surface area is 197 Å². The van der Waals surface area contributed by atoms with E-state index in [1.807, 2.05) is 26.8 Å². The van der Waals surface area contributed by atoms with Crippen LogP contribution in [-0.2, 0) is 9.59 Å². The van der Waals surface area contributed by atoms with Crippen LogP contribution >= 0.6 is 0 Å². The van der Waals surface area contributed by atoms with Crippen LogP contribution in [0.4, 0.5) is 4.39 Å². The molecular formula is C24H30FN5O4. The minimum absolute atomic E-state index is 0.0737. The molecule has 1 aliphatic heterocycles. The molecule has 1 aromatic carbocycles. The molecule has 0 spiro atoms. The van der Waals surface area contributed by atoms with Crippen LogP contribution in [0.2, 0.25) is 0 Å². The molecule has 182 valence electrons. The van der Waals surface area contributed by atoms with Crippen molar-refractivity contribution in [3.05, 3.63) is 29.7 Å². The van der Waals surface area contributed by atoms with E-state index in [4.69, 9.17) is 4.74 Å². The summed E-state index contributed by atoms with van der Waals surface area (Å²) >= 11 is 0. The van der Waals surface area contributed by atoms with Gasteiger partial charge < -0.3 is 25.7 Å². The first-order valence-corrected chi connectivity index (χ1v) is 11.2. The van der Waals surface area contributed by atoms with Gasteiger partial charge in [-0.3, -0.25) is 14.4 Å². The van der Waals surface area contributed by atoms with Gasteiger partial charge in [0.15, 0.2) is 0 Å². The number of H-pyrrole nitrogens is 1. The molecule has 1 aromatic heterocycles. The van der Waals surface area contributed by atoms with Crippen LogP contribution in [0.5, 0.6) is 5.75 Å². The number of nitrogens with zero attached hydrogens (tertiary/aromatic N) is 1. The number of nitrogens with one attached hydrogen (secondary N) is 4. The fourth-order valence-corrected chi connectivity index (χ4v) is 4.09. The minimum Gasteiger partial charge on any atom is -0.496 e. The molecule has 0 radical (unpaired) electrons. The highest BCUT2D eigenvalue weighted by atomic mass is 19.1. The molecule has 34 heavy (non-hydrogen) atoms. The number of benzene rings is 1. The third kappa shape index (κ3) is 5.84. The van der Waals surface area contributed by atoms with Crippen LogP contribution in [-0.4, -0.2) is 48.4 Å². The number of amides is 3. The summed E-state index contributed by atoms with van der Waals surface area (Å²) in [5.74, 6) is -1.71. The van der Waals surface area contributed by atoms with Crippen molar-refractivity contribution in [3.63, 3.8) is 0 Å². The number of rotatable bonds is 8. The van der Waals surface area contributed by atoms with Gasteiger partial charge in [0.2, 0.25) is 11.8 Å². The first kappa shape index (κ1) is 25.0. The molecule has 10 heteroatoms. The van der Waals surface area contributed by atoms with Gasteiger partial charge in [-0.25, -0.2) is 4.39 Å². The lowest BCUT2D eigenvalue weighted by Gasteiger charge is -2.27. The summed E-state index contributed by atoms with van der Waals surface area (Å²) in [5, 5.41) is 18.0. The molecular weight excluding hydrogens is 441 g/mol. The van der Waals surface area contributed by atoms with Crippen LogP contribution < -0.4 is 20.7 Å². The van der Waals surface area contributed by atoms with Crippen molar-refractivity contribution in [1.82, 2.24) is 20.9 Å². The molecule has 0 saturated carbocycles. The second-order valence-electron chi connectivity index (χ2n) is 9.71. The fourth-order valence-electron chi connectivity index (χ4n) is 4.09. The monoisotopic (exact) mass is 471 g/mol. The van der Waals surface area contributed by atoms with Gasteiger partial charge in [0.25, 0.3) is 5.91 Å². The second kappa shape index (κ2) is 10.1. The number of fused-ring (bicyclic) bond motifs is 1. The summed E-state index contributed by atoms with van der Waals surface area (Å²) in [6, 6.07) is 4.39. The van der Waals surface area contributed by atoms with Crippen LogP contribution in [0.15, 0.2) is 18.2 Å². The standard InChI is InChI=1S/C24H30FN5O4/c1-24(2,3)11-18(23(33)28-14(12-26)9-13-7-8-27-21(13)31)30-22(32)17-10-15-19(34-4)6-5-16(25)20(15)29-17/h5-6,10,13-14,18,29H,7-9,11H2,1-4H3,(H,27,31)(H,28,33)(H,30,32)/t13-,14?,18?/m0/s1. The smallest absolute Gasteiger partial charge is 0.268 e. The van der Waals surface area contributed by atoms with E-state index in [0.29, 0.717) is 30.5 Å². The highest BCUT2D eigenvalue weighted by molar-refractivity contribution is 6.01. The quantitative estimate of drug-likeness (QED) is 0.469. The highest BCUT2D eigenvalue weighted by Gasteiger charge is 2.32. The molecule has 0 aliphatic carbocycles. The molecule has 3 atom stereocenters. The molecule has 4 N–H and O–H groups in total. The first-order valence-electron chi connectivity index (χ1n) is 11.2. The molecule has 3 amide bonds. The van der Waals surface area contributed by atoms with E-state index >= 15 is 0 Å². The topological polar surface area (TPSA) is 136 Å². The zero-order valence-corrected chi connectivity index (χ0v) is 19.8. The van der Waals surface area contributed by atoms with Crippen molar-refractivity contribution in [1.29, 1.82) is 5.26 Å². The van der Waals surface area contributed by atoms with Crippen molar-refractivity contribution in [2.75, 3.05) is 13.7 Å². The summed E-state index contributed by atoms with van der Waals surface area (Å²) in [6.45, 7) is 6.32. The largest absolute Gasteiger partial charge is 0.496 e. The Morgan fingerprint density at radius 3 is 2.65 bits per heavy atom. The van der Waals surface area contributed by atoms with E-state index in [-0.39, 0.29) is 34.9 Å². The average Bonchev–Trinajstić information content (AvgIpc) is 3.39. The summed E-state index contributed by atoms with van der Waals surface area (Å²) < 4.78 is 19.5. The molecule has 0 bridgehead atoms. The van der Waals surface area contributed by atoms with Gasteiger partial charge in [-0.15, -0.1) is 0 Å². The van der Waals surface area contributed by atoms with Gasteiger partial charge in [-0.1, -0.05) is 20.8 Å². The SMILES string of the molecule is COc1ccc(F)c2[nH]c(C(=O)NC(CC(C)(C)C)C(=O)NC(C#N)C[C@@H]3CCNC3=O)cc12. The number of hydrogen-bond donors (Lipinski definition) is 4. The van der Waals surface area contributed by atoms with Gasteiger partial charge in [-0.05, 0) is 42.9 Å². The molecule has 9 nitrogen and oxygen atoms in total. The number of aromatic amines is 1. The Morgan fingerprint density at radius 1 is 1.32 bits per heavy atom. The normalized spacial score (nSPS) is 17.5. The zero-order chi connectivity index (χ0) is 25.0. The zero-order valence-electron chi connectivity index (χ0n) is 19.8. The maximum Gasteiger partial charge on any atom is 0.268 e. The third-order valence-electron chi connectivity index (χ3n) is 5.76. The van der Waals surface area contributed by atoms with E-state index in [9.17, 15) is 24.0 Å². The van der Waals surface area contributed by atoms with Gasteiger partial charge in [0.05, 0.1) is 18.7 Å². The van der Waals surface area contributed by atoms with Gasteiger partial charge in [0, 0.05) is 17.8 Å². The molecule has 2 aromatic rings. The summed E-state index contributed by atoms with van der Waals surface area (Å²) in [4.78, 5) is 40.7. The molecule has 2 unspecified atom stereocenters. The van der Waals surface area contributed by atoms with E-state index in [2.05, 4.69) is 20.9 Å². The van der Waals surface area contributed by atoms with Crippen molar-refractivity contribution in [2.24, 2.45) is 11.3 Å². The predicted octanol–water partition coefficient (Wildman–Crippen LogP) is 2.38. The molecule has 1 aliphatic rings. The lowest BCUT2D eigenvalue weighted by atomic mass is 9.87. The Kier molecular flexibility index (Phi) is 7.44. The Morgan fingerprint density at radius 2 is 2.06 bits per heavy atom.